The first-order chi connectivity index (χ1) is 13.8. The Morgan fingerprint density at radius 2 is 1.72 bits per heavy atom. The van der Waals surface area contributed by atoms with Crippen molar-refractivity contribution in [2.24, 2.45) is 5.10 Å². The van der Waals surface area contributed by atoms with Crippen LogP contribution >= 0.6 is 43.5 Å². The summed E-state index contributed by atoms with van der Waals surface area (Å²) in [6.45, 7) is 4.04. The van der Waals surface area contributed by atoms with E-state index in [2.05, 4.69) is 47.0 Å². The van der Waals surface area contributed by atoms with Gasteiger partial charge in [0.25, 0.3) is 5.91 Å². The van der Waals surface area contributed by atoms with E-state index < -0.39 is 0 Å². The fraction of sp³-hybridized carbons (Fsp3) is 0.143. The van der Waals surface area contributed by atoms with Gasteiger partial charge < -0.3 is 9.30 Å². The minimum absolute atomic E-state index is 0.354. The molecule has 0 unspecified atom stereocenters. The second-order valence-corrected chi connectivity index (χ2v) is 8.45. The number of rotatable bonds is 5. The lowest BCUT2D eigenvalue weighted by Gasteiger charge is -2.11. The van der Waals surface area contributed by atoms with Crippen molar-refractivity contribution in [1.29, 1.82) is 0 Å². The van der Waals surface area contributed by atoms with Crippen LogP contribution in [-0.4, -0.2) is 23.8 Å². The van der Waals surface area contributed by atoms with Crippen LogP contribution in [0.2, 0.25) is 5.02 Å². The van der Waals surface area contributed by atoms with Gasteiger partial charge in [-0.3, -0.25) is 4.79 Å². The van der Waals surface area contributed by atoms with Gasteiger partial charge in [0, 0.05) is 17.1 Å². The van der Waals surface area contributed by atoms with Gasteiger partial charge in [-0.15, -0.1) is 0 Å². The second-order valence-electron chi connectivity index (χ2n) is 6.33. The fourth-order valence-electron chi connectivity index (χ4n) is 2.98. The van der Waals surface area contributed by atoms with E-state index in [0.29, 0.717) is 16.3 Å². The summed E-state index contributed by atoms with van der Waals surface area (Å²) in [6, 6.07) is 13.1. The molecule has 1 aromatic heterocycles. The Morgan fingerprint density at radius 3 is 2.28 bits per heavy atom. The van der Waals surface area contributed by atoms with Crippen LogP contribution in [0.4, 0.5) is 0 Å². The molecule has 150 valence electrons. The van der Waals surface area contributed by atoms with Crippen molar-refractivity contribution in [2.75, 3.05) is 7.11 Å². The first kappa shape index (κ1) is 21.6. The average molecular weight is 540 g/mol. The van der Waals surface area contributed by atoms with Crippen molar-refractivity contribution < 1.29 is 9.53 Å². The third kappa shape index (κ3) is 4.74. The van der Waals surface area contributed by atoms with E-state index in [4.69, 9.17) is 16.3 Å². The molecule has 0 fully saturated rings. The van der Waals surface area contributed by atoms with E-state index in [0.717, 1.165) is 31.6 Å². The standard InChI is InChI=1S/C21H18Br2ClN3O2/c1-12-4-5-13(2)27(12)15-6-7-16(19(24)10-15)21(28)26-25-11-14-8-17(22)20(29-3)18(23)9-14/h4-11H,1-3H3,(H,26,28)/b25-11-. The largest absolute Gasteiger partial charge is 0.494 e. The zero-order valence-electron chi connectivity index (χ0n) is 16.0. The van der Waals surface area contributed by atoms with Gasteiger partial charge in [-0.2, -0.15) is 5.10 Å². The monoisotopic (exact) mass is 537 g/mol. The van der Waals surface area contributed by atoms with Gasteiger partial charge >= 0.3 is 0 Å². The number of carbonyl (C=O) groups is 1. The molecular formula is C21H18Br2ClN3O2. The molecule has 0 aliphatic carbocycles. The number of methoxy groups -OCH3 is 1. The molecule has 1 N–H and O–H groups in total. The number of hydrogen-bond acceptors (Lipinski definition) is 3. The normalized spacial score (nSPS) is 11.1. The van der Waals surface area contributed by atoms with Gasteiger partial charge in [0.05, 0.1) is 32.9 Å². The minimum Gasteiger partial charge on any atom is -0.494 e. The number of halogens is 3. The van der Waals surface area contributed by atoms with Crippen molar-refractivity contribution in [3.05, 3.63) is 78.9 Å². The van der Waals surface area contributed by atoms with Crippen LogP contribution in [0.25, 0.3) is 5.69 Å². The number of hydrogen-bond donors (Lipinski definition) is 1. The van der Waals surface area contributed by atoms with Crippen LogP contribution in [0.1, 0.15) is 27.3 Å². The zero-order chi connectivity index (χ0) is 21.1. The summed E-state index contributed by atoms with van der Waals surface area (Å²) in [6.07, 6.45) is 1.54. The molecule has 0 spiro atoms. The molecule has 0 atom stereocenters. The molecule has 1 heterocycles. The van der Waals surface area contributed by atoms with Crippen molar-refractivity contribution in [2.45, 2.75) is 13.8 Å². The van der Waals surface area contributed by atoms with Gasteiger partial charge in [-0.25, -0.2) is 5.43 Å². The highest BCUT2D eigenvalue weighted by molar-refractivity contribution is 9.11. The molecule has 0 bridgehead atoms. The van der Waals surface area contributed by atoms with Crippen molar-refractivity contribution in [1.82, 2.24) is 9.99 Å². The summed E-state index contributed by atoms with van der Waals surface area (Å²) in [5, 5.41) is 4.39. The number of aromatic nitrogens is 1. The van der Waals surface area contributed by atoms with E-state index in [9.17, 15) is 4.79 Å². The minimum atomic E-state index is -0.384. The summed E-state index contributed by atoms with van der Waals surface area (Å²) in [5.41, 5.74) is 6.74. The van der Waals surface area contributed by atoms with Gasteiger partial charge in [-0.1, -0.05) is 11.6 Å². The molecule has 8 heteroatoms. The molecular weight excluding hydrogens is 522 g/mol. The van der Waals surface area contributed by atoms with E-state index in [1.54, 1.807) is 25.5 Å². The van der Waals surface area contributed by atoms with Crippen LogP contribution < -0.4 is 10.2 Å². The zero-order valence-corrected chi connectivity index (χ0v) is 19.9. The molecule has 2 aromatic carbocycles. The number of amides is 1. The van der Waals surface area contributed by atoms with Crippen LogP contribution in [0.15, 0.2) is 56.5 Å². The third-order valence-corrected chi connectivity index (χ3v) is 5.82. The Labute approximate surface area is 191 Å². The van der Waals surface area contributed by atoms with Crippen molar-refractivity contribution in [3.8, 4) is 11.4 Å². The number of aryl methyl sites for hydroxylation is 2. The Morgan fingerprint density at radius 1 is 1.10 bits per heavy atom. The van der Waals surface area contributed by atoms with E-state index in [-0.39, 0.29) is 5.91 Å². The fourth-order valence-corrected chi connectivity index (χ4v) is 4.78. The van der Waals surface area contributed by atoms with Gasteiger partial charge in [-0.05, 0) is 93.7 Å². The molecule has 0 saturated heterocycles. The summed E-state index contributed by atoms with van der Waals surface area (Å²) in [4.78, 5) is 12.5. The molecule has 0 aliphatic rings. The van der Waals surface area contributed by atoms with Crippen molar-refractivity contribution >= 4 is 55.6 Å². The van der Waals surface area contributed by atoms with Gasteiger partial charge in [0.2, 0.25) is 0 Å². The molecule has 0 saturated carbocycles. The SMILES string of the molecule is COc1c(Br)cc(/C=N\NC(=O)c2ccc(-n3c(C)ccc3C)cc2Cl)cc1Br. The van der Waals surface area contributed by atoms with Crippen LogP contribution in [0.3, 0.4) is 0 Å². The average Bonchev–Trinajstić information content (AvgIpc) is 2.99. The Balaban J connectivity index is 1.75. The Hall–Kier alpha value is -2.09. The molecule has 0 aliphatic heterocycles. The maximum Gasteiger partial charge on any atom is 0.272 e. The topological polar surface area (TPSA) is 55.6 Å². The van der Waals surface area contributed by atoms with E-state index in [1.165, 1.54) is 0 Å². The predicted molar refractivity (Wildman–Crippen MR) is 124 cm³/mol. The first-order valence-corrected chi connectivity index (χ1v) is 10.6. The van der Waals surface area contributed by atoms with E-state index >= 15 is 0 Å². The highest BCUT2D eigenvalue weighted by atomic mass is 79.9. The Kier molecular flexibility index (Phi) is 6.82. The maximum atomic E-state index is 12.5. The van der Waals surface area contributed by atoms with E-state index in [1.807, 2.05) is 44.2 Å². The smallest absolute Gasteiger partial charge is 0.272 e. The lowest BCUT2D eigenvalue weighted by atomic mass is 10.2. The highest BCUT2D eigenvalue weighted by Gasteiger charge is 2.12. The highest BCUT2D eigenvalue weighted by Crippen LogP contribution is 2.34. The number of nitrogens with one attached hydrogen (secondary N) is 1. The van der Waals surface area contributed by atoms with Crippen LogP contribution in [0, 0.1) is 13.8 Å². The molecule has 29 heavy (non-hydrogen) atoms. The first-order valence-electron chi connectivity index (χ1n) is 8.63. The second kappa shape index (κ2) is 9.15. The lowest BCUT2D eigenvalue weighted by molar-refractivity contribution is 0.0955. The summed E-state index contributed by atoms with van der Waals surface area (Å²) < 4.78 is 8.89. The number of benzene rings is 2. The number of carbonyl (C=O) groups excluding carboxylic acids is 1. The van der Waals surface area contributed by atoms with Crippen LogP contribution in [0.5, 0.6) is 5.75 Å². The van der Waals surface area contributed by atoms with Gasteiger partial charge in [0.15, 0.2) is 0 Å². The van der Waals surface area contributed by atoms with Crippen molar-refractivity contribution in [3.63, 3.8) is 0 Å². The quantitative estimate of drug-likeness (QED) is 0.317. The number of nitrogens with zero attached hydrogens (tertiary/aromatic N) is 2. The van der Waals surface area contributed by atoms with Gasteiger partial charge in [0.1, 0.15) is 5.75 Å². The Bertz CT molecular complexity index is 1070. The molecule has 5 nitrogen and oxygen atoms in total. The molecule has 0 radical (unpaired) electrons. The molecule has 3 rings (SSSR count). The summed E-state index contributed by atoms with van der Waals surface area (Å²) in [5.74, 6) is 0.302. The van der Waals surface area contributed by atoms with Crippen LogP contribution in [-0.2, 0) is 0 Å². The molecule has 1 amide bonds. The molecule has 3 aromatic rings. The predicted octanol–water partition coefficient (Wildman–Crippen LogP) is 6.05. The number of hydrazone groups is 1. The lowest BCUT2D eigenvalue weighted by Crippen LogP contribution is -2.18. The summed E-state index contributed by atoms with van der Waals surface area (Å²) >= 11 is 13.2. The summed E-state index contributed by atoms with van der Waals surface area (Å²) in [7, 11) is 1.59. The third-order valence-electron chi connectivity index (χ3n) is 4.33. The maximum absolute atomic E-state index is 12.5. The number of ether oxygens (including phenoxy) is 1.